The van der Waals surface area contributed by atoms with Crippen molar-refractivity contribution in [2.24, 2.45) is 0 Å². The lowest BCUT2D eigenvalue weighted by Crippen LogP contribution is -2.36. The minimum atomic E-state index is -0.200. The van der Waals surface area contributed by atoms with Gasteiger partial charge in [-0.1, -0.05) is 17.7 Å². The van der Waals surface area contributed by atoms with Gasteiger partial charge in [0.1, 0.15) is 5.75 Å². The fourth-order valence-electron chi connectivity index (χ4n) is 2.83. The Balaban J connectivity index is 1.70. The van der Waals surface area contributed by atoms with Gasteiger partial charge >= 0.3 is 0 Å². The topological polar surface area (TPSA) is 50.8 Å². The number of rotatable bonds is 5. The molecule has 1 aliphatic rings. The highest BCUT2D eigenvalue weighted by atomic mass is 35.5. The molecule has 0 bridgehead atoms. The molecule has 1 fully saturated rings. The smallest absolute Gasteiger partial charge is 0.255 e. The molecule has 2 aromatic rings. The molecule has 0 radical (unpaired) electrons. The molecule has 1 amide bonds. The van der Waals surface area contributed by atoms with Crippen molar-refractivity contribution in [3.8, 4) is 5.75 Å². The van der Waals surface area contributed by atoms with Crippen molar-refractivity contribution < 1.29 is 14.3 Å². The predicted octanol–water partition coefficient (Wildman–Crippen LogP) is 4.22. The van der Waals surface area contributed by atoms with Crippen LogP contribution in [0.5, 0.6) is 5.75 Å². The average Bonchev–Trinajstić information content (AvgIpc) is 2.62. The molecular formula is C20H23ClN2O3. The lowest BCUT2D eigenvalue weighted by Gasteiger charge is -2.29. The number of nitrogens with zero attached hydrogens (tertiary/aromatic N) is 1. The zero-order valence-electron chi connectivity index (χ0n) is 15.0. The Kier molecular flexibility index (Phi) is 6.01. The number of halogens is 1. The first-order chi connectivity index (χ1) is 12.5. The molecule has 5 nitrogen and oxygen atoms in total. The first-order valence-corrected chi connectivity index (χ1v) is 9.11. The molecule has 0 saturated carbocycles. The van der Waals surface area contributed by atoms with Gasteiger partial charge in [0.05, 0.1) is 30.0 Å². The second-order valence-electron chi connectivity index (χ2n) is 6.41. The number of ether oxygens (including phenoxy) is 2. The summed E-state index contributed by atoms with van der Waals surface area (Å²) in [5.41, 5.74) is 2.16. The Morgan fingerprint density at radius 1 is 1.19 bits per heavy atom. The maximum Gasteiger partial charge on any atom is 0.255 e. The molecule has 2 aromatic carbocycles. The summed E-state index contributed by atoms with van der Waals surface area (Å²) in [5.74, 6) is 0.475. The van der Waals surface area contributed by atoms with Crippen molar-refractivity contribution in [1.82, 2.24) is 0 Å². The first kappa shape index (κ1) is 18.5. The Labute approximate surface area is 158 Å². The minimum absolute atomic E-state index is 0.0554. The van der Waals surface area contributed by atoms with E-state index in [1.807, 2.05) is 32.0 Å². The van der Waals surface area contributed by atoms with E-state index >= 15 is 0 Å². The van der Waals surface area contributed by atoms with Crippen LogP contribution in [-0.4, -0.2) is 38.3 Å². The average molecular weight is 375 g/mol. The first-order valence-electron chi connectivity index (χ1n) is 8.73. The van der Waals surface area contributed by atoms with Gasteiger partial charge in [-0.3, -0.25) is 4.79 Å². The predicted molar refractivity (Wildman–Crippen MR) is 105 cm³/mol. The Morgan fingerprint density at radius 2 is 1.96 bits per heavy atom. The number of morpholine rings is 1. The minimum Gasteiger partial charge on any atom is -0.491 e. The molecule has 1 aliphatic heterocycles. The van der Waals surface area contributed by atoms with Crippen LogP contribution in [-0.2, 0) is 4.74 Å². The molecular weight excluding hydrogens is 352 g/mol. The third-order valence-electron chi connectivity index (χ3n) is 4.03. The standard InChI is InChI=1S/C20H23ClN2O3/c1-14(2)26-17-5-3-4-15(12-17)20(24)22-16-6-7-19(18(21)13-16)23-8-10-25-11-9-23/h3-7,12-14H,8-11H2,1-2H3,(H,22,24). The lowest BCUT2D eigenvalue weighted by molar-refractivity contribution is 0.102. The van der Waals surface area contributed by atoms with E-state index in [1.54, 1.807) is 24.3 Å². The molecule has 0 aliphatic carbocycles. The summed E-state index contributed by atoms with van der Waals surface area (Å²) in [6.07, 6.45) is 0.0554. The van der Waals surface area contributed by atoms with Crippen LogP contribution < -0.4 is 15.0 Å². The molecule has 0 unspecified atom stereocenters. The molecule has 1 heterocycles. The van der Waals surface area contributed by atoms with Gasteiger partial charge in [-0.05, 0) is 50.2 Å². The number of benzene rings is 2. The van der Waals surface area contributed by atoms with Gasteiger partial charge in [-0.25, -0.2) is 0 Å². The summed E-state index contributed by atoms with van der Waals surface area (Å²) in [4.78, 5) is 14.7. The van der Waals surface area contributed by atoms with E-state index in [9.17, 15) is 4.79 Å². The van der Waals surface area contributed by atoms with Gasteiger partial charge in [-0.2, -0.15) is 0 Å². The number of anilines is 2. The summed E-state index contributed by atoms with van der Waals surface area (Å²) in [5, 5.41) is 3.50. The second kappa shape index (κ2) is 8.43. The number of amides is 1. The van der Waals surface area contributed by atoms with Crippen LogP contribution >= 0.6 is 11.6 Å². The molecule has 0 spiro atoms. The van der Waals surface area contributed by atoms with E-state index in [2.05, 4.69) is 10.2 Å². The van der Waals surface area contributed by atoms with Crippen molar-refractivity contribution in [3.05, 3.63) is 53.1 Å². The summed E-state index contributed by atoms with van der Waals surface area (Å²) in [6, 6.07) is 12.7. The quantitative estimate of drug-likeness (QED) is 0.851. The molecule has 3 rings (SSSR count). The third kappa shape index (κ3) is 4.68. The second-order valence-corrected chi connectivity index (χ2v) is 6.82. The molecule has 1 N–H and O–H groups in total. The number of hydrogen-bond donors (Lipinski definition) is 1. The van der Waals surface area contributed by atoms with E-state index in [1.165, 1.54) is 0 Å². The van der Waals surface area contributed by atoms with Crippen molar-refractivity contribution in [1.29, 1.82) is 0 Å². The van der Waals surface area contributed by atoms with Crippen LogP contribution in [0.1, 0.15) is 24.2 Å². The van der Waals surface area contributed by atoms with Crippen LogP contribution in [0, 0.1) is 0 Å². The monoisotopic (exact) mass is 374 g/mol. The van der Waals surface area contributed by atoms with E-state index in [0.717, 1.165) is 18.8 Å². The fourth-order valence-corrected chi connectivity index (χ4v) is 3.13. The molecule has 6 heteroatoms. The van der Waals surface area contributed by atoms with Crippen LogP contribution in [0.15, 0.2) is 42.5 Å². The number of carbonyl (C=O) groups excluding carboxylic acids is 1. The van der Waals surface area contributed by atoms with Crippen molar-refractivity contribution in [2.45, 2.75) is 20.0 Å². The van der Waals surface area contributed by atoms with Gasteiger partial charge in [0.25, 0.3) is 5.91 Å². The van der Waals surface area contributed by atoms with Crippen molar-refractivity contribution in [2.75, 3.05) is 36.5 Å². The summed E-state index contributed by atoms with van der Waals surface area (Å²) < 4.78 is 11.0. The van der Waals surface area contributed by atoms with E-state index in [0.29, 0.717) is 35.2 Å². The highest BCUT2D eigenvalue weighted by molar-refractivity contribution is 6.33. The Hall–Kier alpha value is -2.24. The molecule has 138 valence electrons. The van der Waals surface area contributed by atoms with Gasteiger partial charge in [0.2, 0.25) is 0 Å². The van der Waals surface area contributed by atoms with Gasteiger partial charge in [-0.15, -0.1) is 0 Å². The molecule has 1 saturated heterocycles. The van der Waals surface area contributed by atoms with Gasteiger partial charge < -0.3 is 19.7 Å². The van der Waals surface area contributed by atoms with Crippen molar-refractivity contribution in [3.63, 3.8) is 0 Å². The highest BCUT2D eigenvalue weighted by Gasteiger charge is 2.15. The molecule has 0 atom stereocenters. The van der Waals surface area contributed by atoms with E-state index < -0.39 is 0 Å². The maximum atomic E-state index is 12.5. The van der Waals surface area contributed by atoms with Crippen LogP contribution in [0.4, 0.5) is 11.4 Å². The summed E-state index contributed by atoms with van der Waals surface area (Å²) >= 11 is 6.42. The fraction of sp³-hybridized carbons (Fsp3) is 0.350. The number of nitrogens with one attached hydrogen (secondary N) is 1. The van der Waals surface area contributed by atoms with Crippen molar-refractivity contribution >= 4 is 28.9 Å². The zero-order valence-corrected chi connectivity index (χ0v) is 15.8. The summed E-state index contributed by atoms with van der Waals surface area (Å²) in [6.45, 7) is 6.92. The van der Waals surface area contributed by atoms with E-state index in [-0.39, 0.29) is 12.0 Å². The third-order valence-corrected chi connectivity index (χ3v) is 4.33. The molecule has 26 heavy (non-hydrogen) atoms. The van der Waals surface area contributed by atoms with Crippen LogP contribution in [0.2, 0.25) is 5.02 Å². The zero-order chi connectivity index (χ0) is 18.5. The van der Waals surface area contributed by atoms with Gasteiger partial charge in [0.15, 0.2) is 0 Å². The number of hydrogen-bond acceptors (Lipinski definition) is 4. The Bertz CT molecular complexity index is 773. The van der Waals surface area contributed by atoms with Gasteiger partial charge in [0, 0.05) is 24.3 Å². The Morgan fingerprint density at radius 3 is 2.65 bits per heavy atom. The van der Waals surface area contributed by atoms with Crippen LogP contribution in [0.25, 0.3) is 0 Å². The highest BCUT2D eigenvalue weighted by Crippen LogP contribution is 2.29. The largest absolute Gasteiger partial charge is 0.491 e. The van der Waals surface area contributed by atoms with E-state index in [4.69, 9.17) is 21.1 Å². The summed E-state index contributed by atoms with van der Waals surface area (Å²) in [7, 11) is 0. The maximum absolute atomic E-state index is 12.5. The lowest BCUT2D eigenvalue weighted by atomic mass is 10.2. The SMILES string of the molecule is CC(C)Oc1cccc(C(=O)Nc2ccc(N3CCOCC3)c(Cl)c2)c1. The molecule has 0 aromatic heterocycles. The number of carbonyl (C=O) groups is 1. The van der Waals surface area contributed by atoms with Crippen LogP contribution in [0.3, 0.4) is 0 Å². The normalized spacial score (nSPS) is 14.4.